The van der Waals surface area contributed by atoms with Crippen molar-refractivity contribution < 1.29 is 14.0 Å². The molecule has 188 valence electrons. The number of amides is 2. The number of nitrogens with zero attached hydrogens (tertiary/aromatic N) is 2. The Morgan fingerprint density at radius 1 is 0.861 bits per heavy atom. The van der Waals surface area contributed by atoms with E-state index in [4.69, 9.17) is 0 Å². The van der Waals surface area contributed by atoms with Crippen LogP contribution in [0.3, 0.4) is 0 Å². The molecule has 0 bridgehead atoms. The van der Waals surface area contributed by atoms with Crippen molar-refractivity contribution >= 4 is 35.0 Å². The first-order valence-electron chi connectivity index (χ1n) is 12.1. The van der Waals surface area contributed by atoms with Crippen molar-refractivity contribution in [1.82, 2.24) is 4.90 Å². The third-order valence-corrected chi connectivity index (χ3v) is 7.28. The van der Waals surface area contributed by atoms with Gasteiger partial charge in [0, 0.05) is 48.0 Å². The van der Waals surface area contributed by atoms with Crippen LogP contribution in [0, 0.1) is 5.82 Å². The molecule has 7 heteroatoms. The van der Waals surface area contributed by atoms with Crippen LogP contribution in [0.2, 0.25) is 0 Å². The number of thioether (sulfide) groups is 1. The number of halogens is 1. The van der Waals surface area contributed by atoms with Gasteiger partial charge in [0.1, 0.15) is 5.82 Å². The highest BCUT2D eigenvalue weighted by Crippen LogP contribution is 2.26. The number of benzene rings is 3. The van der Waals surface area contributed by atoms with Crippen LogP contribution < -0.4 is 10.2 Å². The normalized spacial score (nSPS) is 14.0. The van der Waals surface area contributed by atoms with Crippen LogP contribution in [0.15, 0.2) is 77.7 Å². The lowest BCUT2D eigenvalue weighted by Crippen LogP contribution is -2.48. The molecular formula is C29H32FN3O2S. The number of rotatable bonds is 6. The average molecular weight is 506 g/mol. The summed E-state index contributed by atoms with van der Waals surface area (Å²) in [6, 6.07) is 21.9. The fourth-order valence-electron chi connectivity index (χ4n) is 4.10. The monoisotopic (exact) mass is 505 g/mol. The van der Waals surface area contributed by atoms with Gasteiger partial charge in [0.05, 0.1) is 5.75 Å². The number of anilines is 2. The van der Waals surface area contributed by atoms with Gasteiger partial charge in [0.2, 0.25) is 5.91 Å². The quantitative estimate of drug-likeness (QED) is 0.429. The molecule has 4 rings (SSSR count). The Bertz CT molecular complexity index is 1180. The van der Waals surface area contributed by atoms with Gasteiger partial charge >= 0.3 is 0 Å². The van der Waals surface area contributed by atoms with Crippen molar-refractivity contribution in [3.05, 3.63) is 89.7 Å². The lowest BCUT2D eigenvalue weighted by Gasteiger charge is -2.36. The molecule has 0 spiro atoms. The number of carbonyl (C=O) groups excluding carboxylic acids is 2. The molecule has 1 aliphatic rings. The highest BCUT2D eigenvalue weighted by Gasteiger charge is 2.22. The van der Waals surface area contributed by atoms with Gasteiger partial charge in [0.15, 0.2) is 0 Å². The maximum absolute atomic E-state index is 13.1. The second-order valence-electron chi connectivity index (χ2n) is 9.94. The van der Waals surface area contributed by atoms with Crippen LogP contribution in [-0.2, 0) is 10.2 Å². The van der Waals surface area contributed by atoms with E-state index in [1.807, 2.05) is 24.3 Å². The van der Waals surface area contributed by atoms with Crippen molar-refractivity contribution in [3.63, 3.8) is 0 Å². The Hall–Kier alpha value is -3.32. The van der Waals surface area contributed by atoms with Crippen LogP contribution in [0.25, 0.3) is 0 Å². The minimum Gasteiger partial charge on any atom is -0.368 e. The van der Waals surface area contributed by atoms with E-state index < -0.39 is 0 Å². The predicted octanol–water partition coefficient (Wildman–Crippen LogP) is 5.82. The van der Waals surface area contributed by atoms with E-state index in [-0.39, 0.29) is 23.0 Å². The summed E-state index contributed by atoms with van der Waals surface area (Å²) in [5.41, 5.74) is 3.71. The first-order chi connectivity index (χ1) is 17.2. The molecule has 0 atom stereocenters. The Balaban J connectivity index is 1.24. The minimum absolute atomic E-state index is 0.0411. The molecule has 1 N–H and O–H groups in total. The fraction of sp³-hybridized carbons (Fsp3) is 0.310. The third-order valence-electron chi connectivity index (χ3n) is 6.26. The van der Waals surface area contributed by atoms with Crippen molar-refractivity contribution in [2.45, 2.75) is 31.1 Å². The summed E-state index contributed by atoms with van der Waals surface area (Å²) in [5.74, 6) is -0.113. The molecule has 0 radical (unpaired) electrons. The first-order valence-corrected chi connectivity index (χ1v) is 13.1. The van der Waals surface area contributed by atoms with E-state index in [9.17, 15) is 14.0 Å². The van der Waals surface area contributed by atoms with Gasteiger partial charge in [-0.25, -0.2) is 4.39 Å². The fourth-order valence-corrected chi connectivity index (χ4v) is 4.79. The summed E-state index contributed by atoms with van der Waals surface area (Å²) in [5, 5.41) is 2.96. The van der Waals surface area contributed by atoms with E-state index in [1.54, 1.807) is 4.90 Å². The van der Waals surface area contributed by atoms with E-state index in [1.165, 1.54) is 41.6 Å². The highest BCUT2D eigenvalue weighted by molar-refractivity contribution is 8.00. The predicted molar refractivity (Wildman–Crippen MR) is 145 cm³/mol. The van der Waals surface area contributed by atoms with Crippen molar-refractivity contribution in [3.8, 4) is 0 Å². The molecule has 2 amide bonds. The molecular weight excluding hydrogens is 473 g/mol. The SMILES string of the molecule is CC(C)(C)c1ccc(SCC(=O)Nc2ccc(N3CCN(C(=O)c4ccc(F)cc4)CC3)cc2)cc1. The van der Waals surface area contributed by atoms with E-state index >= 15 is 0 Å². The van der Waals surface area contributed by atoms with Gasteiger partial charge in [-0.1, -0.05) is 32.9 Å². The van der Waals surface area contributed by atoms with Gasteiger partial charge in [0.25, 0.3) is 5.91 Å². The summed E-state index contributed by atoms with van der Waals surface area (Å²) in [6.45, 7) is 9.18. The highest BCUT2D eigenvalue weighted by atomic mass is 32.2. The van der Waals surface area contributed by atoms with Crippen molar-refractivity contribution in [1.29, 1.82) is 0 Å². The molecule has 1 heterocycles. The smallest absolute Gasteiger partial charge is 0.253 e. The maximum Gasteiger partial charge on any atom is 0.253 e. The molecule has 3 aromatic carbocycles. The van der Waals surface area contributed by atoms with Crippen LogP contribution in [0.5, 0.6) is 0 Å². The summed E-state index contributed by atoms with van der Waals surface area (Å²) < 4.78 is 13.1. The molecule has 0 saturated carbocycles. The lowest BCUT2D eigenvalue weighted by molar-refractivity contribution is -0.113. The zero-order valence-corrected chi connectivity index (χ0v) is 21.8. The standard InChI is InChI=1S/C29H32FN3O2S/c1-29(2,3)22-6-14-26(15-7-22)36-20-27(34)31-24-10-12-25(13-11-24)32-16-18-33(19-17-32)28(35)21-4-8-23(30)9-5-21/h4-15H,16-20H2,1-3H3,(H,31,34). The first kappa shape index (κ1) is 25.8. The molecule has 1 saturated heterocycles. The molecule has 1 fully saturated rings. The van der Waals surface area contributed by atoms with E-state index in [0.29, 0.717) is 37.5 Å². The van der Waals surface area contributed by atoms with Crippen molar-refractivity contribution in [2.24, 2.45) is 0 Å². The molecule has 0 unspecified atom stereocenters. The van der Waals surface area contributed by atoms with E-state index in [0.717, 1.165) is 16.3 Å². The van der Waals surface area contributed by atoms with Gasteiger partial charge in [-0.3, -0.25) is 9.59 Å². The Labute approximate surface area is 216 Å². The summed E-state index contributed by atoms with van der Waals surface area (Å²) in [4.78, 5) is 30.2. The third kappa shape index (κ3) is 6.66. The Morgan fingerprint density at radius 2 is 1.47 bits per heavy atom. The molecule has 3 aromatic rings. The number of piperazine rings is 1. The molecule has 0 aliphatic carbocycles. The molecule has 0 aromatic heterocycles. The van der Waals surface area contributed by atoms with Gasteiger partial charge < -0.3 is 15.1 Å². The van der Waals surface area contributed by atoms with Crippen LogP contribution in [0.1, 0.15) is 36.7 Å². The zero-order valence-electron chi connectivity index (χ0n) is 21.0. The second-order valence-corrected chi connectivity index (χ2v) is 11.0. The lowest BCUT2D eigenvalue weighted by atomic mass is 9.87. The van der Waals surface area contributed by atoms with Crippen LogP contribution in [-0.4, -0.2) is 48.6 Å². The van der Waals surface area contributed by atoms with Crippen molar-refractivity contribution in [2.75, 3.05) is 42.1 Å². The summed E-state index contributed by atoms with van der Waals surface area (Å²) in [7, 11) is 0. The topological polar surface area (TPSA) is 52.7 Å². The Kier molecular flexibility index (Phi) is 7.99. The van der Waals surface area contributed by atoms with Gasteiger partial charge in [-0.15, -0.1) is 11.8 Å². The molecule has 36 heavy (non-hydrogen) atoms. The number of carbonyl (C=O) groups is 2. The Morgan fingerprint density at radius 3 is 2.06 bits per heavy atom. The van der Waals surface area contributed by atoms with Crippen LogP contribution in [0.4, 0.5) is 15.8 Å². The van der Waals surface area contributed by atoms with Gasteiger partial charge in [-0.05, 0) is 71.6 Å². The van der Waals surface area contributed by atoms with E-state index in [2.05, 4.69) is 55.3 Å². The second kappa shape index (κ2) is 11.2. The number of nitrogens with one attached hydrogen (secondary N) is 1. The average Bonchev–Trinajstić information content (AvgIpc) is 2.88. The maximum atomic E-state index is 13.1. The van der Waals surface area contributed by atoms with Crippen LogP contribution >= 0.6 is 11.8 Å². The summed E-state index contributed by atoms with van der Waals surface area (Å²) in [6.07, 6.45) is 0. The van der Waals surface area contributed by atoms with Gasteiger partial charge in [-0.2, -0.15) is 0 Å². The molecule has 1 aliphatic heterocycles. The summed E-state index contributed by atoms with van der Waals surface area (Å²) >= 11 is 1.52. The molecule has 5 nitrogen and oxygen atoms in total. The minimum atomic E-state index is -0.347. The largest absolute Gasteiger partial charge is 0.368 e. The number of hydrogen-bond donors (Lipinski definition) is 1. The number of hydrogen-bond acceptors (Lipinski definition) is 4. The zero-order chi connectivity index (χ0) is 25.7.